The quantitative estimate of drug-likeness (QED) is 0.628. The van der Waals surface area contributed by atoms with Gasteiger partial charge in [0.15, 0.2) is 0 Å². The molecule has 1 nitrogen and oxygen atoms in total. The zero-order valence-electron chi connectivity index (χ0n) is 8.51. The van der Waals surface area contributed by atoms with Gasteiger partial charge in [0, 0.05) is 6.61 Å². The predicted molar refractivity (Wildman–Crippen MR) is 52.3 cm³/mol. The SMILES string of the molecule is CCOC(C)CC1CCCCC1. The van der Waals surface area contributed by atoms with Crippen molar-refractivity contribution in [2.45, 2.75) is 58.5 Å². The summed E-state index contributed by atoms with van der Waals surface area (Å²) in [6.45, 7) is 5.16. The van der Waals surface area contributed by atoms with Gasteiger partial charge in [0.1, 0.15) is 0 Å². The molecule has 1 aliphatic carbocycles. The minimum absolute atomic E-state index is 0.484. The Morgan fingerprint density at radius 1 is 1.25 bits per heavy atom. The maximum Gasteiger partial charge on any atom is 0.0549 e. The highest BCUT2D eigenvalue weighted by Crippen LogP contribution is 2.27. The highest BCUT2D eigenvalue weighted by molar-refractivity contribution is 4.68. The van der Waals surface area contributed by atoms with Crippen LogP contribution in [-0.2, 0) is 4.74 Å². The zero-order chi connectivity index (χ0) is 8.81. The summed E-state index contributed by atoms with van der Waals surface area (Å²) in [4.78, 5) is 0. The first kappa shape index (κ1) is 10.0. The van der Waals surface area contributed by atoms with Gasteiger partial charge in [-0.15, -0.1) is 0 Å². The van der Waals surface area contributed by atoms with E-state index in [2.05, 4.69) is 13.8 Å². The van der Waals surface area contributed by atoms with Crippen molar-refractivity contribution in [2.24, 2.45) is 5.92 Å². The van der Waals surface area contributed by atoms with E-state index in [-0.39, 0.29) is 0 Å². The summed E-state index contributed by atoms with van der Waals surface area (Å²) >= 11 is 0. The van der Waals surface area contributed by atoms with Crippen LogP contribution < -0.4 is 0 Å². The van der Waals surface area contributed by atoms with Gasteiger partial charge in [0.2, 0.25) is 0 Å². The molecule has 1 rings (SSSR count). The maximum absolute atomic E-state index is 5.54. The van der Waals surface area contributed by atoms with Crippen LogP contribution in [0.4, 0.5) is 0 Å². The molecule has 72 valence electrons. The molecule has 12 heavy (non-hydrogen) atoms. The van der Waals surface area contributed by atoms with E-state index in [1.807, 2.05) is 0 Å². The Morgan fingerprint density at radius 2 is 1.92 bits per heavy atom. The fraction of sp³-hybridized carbons (Fsp3) is 1.00. The van der Waals surface area contributed by atoms with Crippen molar-refractivity contribution in [2.75, 3.05) is 6.61 Å². The normalized spacial score (nSPS) is 22.5. The van der Waals surface area contributed by atoms with Crippen molar-refractivity contribution in [3.8, 4) is 0 Å². The molecule has 1 heteroatoms. The first-order valence-electron chi connectivity index (χ1n) is 5.44. The van der Waals surface area contributed by atoms with Crippen LogP contribution in [0.3, 0.4) is 0 Å². The minimum atomic E-state index is 0.484. The van der Waals surface area contributed by atoms with E-state index in [1.54, 1.807) is 0 Å². The van der Waals surface area contributed by atoms with Crippen molar-refractivity contribution < 1.29 is 4.74 Å². The molecular weight excluding hydrogens is 148 g/mol. The molecule has 0 aromatic carbocycles. The average molecular weight is 170 g/mol. The number of rotatable bonds is 4. The van der Waals surface area contributed by atoms with Crippen LogP contribution in [0.15, 0.2) is 0 Å². The Kier molecular flexibility index (Phi) is 4.67. The largest absolute Gasteiger partial charge is 0.379 e. The summed E-state index contributed by atoms with van der Waals surface area (Å²) in [6.07, 6.45) is 9.01. The molecule has 0 aliphatic heterocycles. The standard InChI is InChI=1S/C11H22O/c1-3-12-10(2)9-11-7-5-4-6-8-11/h10-11H,3-9H2,1-2H3. The zero-order valence-corrected chi connectivity index (χ0v) is 8.51. The molecule has 0 amide bonds. The Labute approximate surface area is 76.5 Å². The number of hydrogen-bond acceptors (Lipinski definition) is 1. The smallest absolute Gasteiger partial charge is 0.0549 e. The molecule has 1 atom stereocenters. The molecule has 1 unspecified atom stereocenters. The molecule has 0 N–H and O–H groups in total. The summed E-state index contributed by atoms with van der Waals surface area (Å²) < 4.78 is 5.54. The van der Waals surface area contributed by atoms with E-state index in [9.17, 15) is 0 Å². The van der Waals surface area contributed by atoms with E-state index in [1.165, 1.54) is 38.5 Å². The van der Waals surface area contributed by atoms with E-state index >= 15 is 0 Å². The molecule has 1 saturated carbocycles. The third kappa shape index (κ3) is 3.57. The van der Waals surface area contributed by atoms with Gasteiger partial charge in [-0.25, -0.2) is 0 Å². The van der Waals surface area contributed by atoms with Gasteiger partial charge in [-0.3, -0.25) is 0 Å². The lowest BCUT2D eigenvalue weighted by Crippen LogP contribution is -2.16. The molecule has 0 saturated heterocycles. The van der Waals surface area contributed by atoms with Crippen LogP contribution in [0.25, 0.3) is 0 Å². The van der Waals surface area contributed by atoms with Crippen molar-refractivity contribution in [3.63, 3.8) is 0 Å². The van der Waals surface area contributed by atoms with E-state index in [4.69, 9.17) is 4.74 Å². The highest BCUT2D eigenvalue weighted by Gasteiger charge is 2.16. The third-order valence-corrected chi connectivity index (χ3v) is 2.84. The van der Waals surface area contributed by atoms with Crippen LogP contribution in [0.5, 0.6) is 0 Å². The second-order valence-electron chi connectivity index (χ2n) is 4.01. The topological polar surface area (TPSA) is 9.23 Å². The van der Waals surface area contributed by atoms with Crippen molar-refractivity contribution >= 4 is 0 Å². The van der Waals surface area contributed by atoms with E-state index in [0.29, 0.717) is 6.10 Å². The fourth-order valence-electron chi connectivity index (χ4n) is 2.24. The molecule has 1 fully saturated rings. The molecule has 0 bridgehead atoms. The first-order chi connectivity index (χ1) is 5.83. The first-order valence-corrected chi connectivity index (χ1v) is 5.44. The van der Waals surface area contributed by atoms with Crippen LogP contribution in [0, 0.1) is 5.92 Å². The predicted octanol–water partition coefficient (Wildman–Crippen LogP) is 3.38. The summed E-state index contributed by atoms with van der Waals surface area (Å²) in [6, 6.07) is 0. The van der Waals surface area contributed by atoms with Crippen LogP contribution >= 0.6 is 0 Å². The lowest BCUT2D eigenvalue weighted by molar-refractivity contribution is 0.0529. The lowest BCUT2D eigenvalue weighted by Gasteiger charge is -2.24. The summed E-state index contributed by atoms with van der Waals surface area (Å²) in [5, 5.41) is 0. The van der Waals surface area contributed by atoms with Crippen LogP contribution in [0.1, 0.15) is 52.4 Å². The molecule has 1 aliphatic rings. The molecule has 0 heterocycles. The highest BCUT2D eigenvalue weighted by atomic mass is 16.5. The van der Waals surface area contributed by atoms with E-state index < -0.39 is 0 Å². The second-order valence-corrected chi connectivity index (χ2v) is 4.01. The molecule has 0 spiro atoms. The van der Waals surface area contributed by atoms with Gasteiger partial charge in [0.05, 0.1) is 6.10 Å². The summed E-state index contributed by atoms with van der Waals surface area (Å²) in [7, 11) is 0. The number of hydrogen-bond donors (Lipinski definition) is 0. The van der Waals surface area contributed by atoms with Gasteiger partial charge >= 0.3 is 0 Å². The maximum atomic E-state index is 5.54. The molecule has 0 aromatic heterocycles. The van der Waals surface area contributed by atoms with Crippen molar-refractivity contribution in [1.29, 1.82) is 0 Å². The summed E-state index contributed by atoms with van der Waals surface area (Å²) in [5.74, 6) is 0.959. The monoisotopic (exact) mass is 170 g/mol. The second kappa shape index (κ2) is 5.58. The van der Waals surface area contributed by atoms with Gasteiger partial charge in [0.25, 0.3) is 0 Å². The lowest BCUT2D eigenvalue weighted by atomic mass is 9.86. The Bertz CT molecular complexity index is 106. The summed E-state index contributed by atoms with van der Waals surface area (Å²) in [5.41, 5.74) is 0. The minimum Gasteiger partial charge on any atom is -0.379 e. The van der Waals surface area contributed by atoms with Crippen LogP contribution in [-0.4, -0.2) is 12.7 Å². The van der Waals surface area contributed by atoms with Crippen molar-refractivity contribution in [3.05, 3.63) is 0 Å². The fourth-order valence-corrected chi connectivity index (χ4v) is 2.24. The van der Waals surface area contributed by atoms with E-state index in [0.717, 1.165) is 12.5 Å². The number of ether oxygens (including phenoxy) is 1. The third-order valence-electron chi connectivity index (χ3n) is 2.84. The molecule has 0 radical (unpaired) electrons. The Morgan fingerprint density at radius 3 is 2.50 bits per heavy atom. The van der Waals surface area contributed by atoms with Gasteiger partial charge < -0.3 is 4.74 Å². The average Bonchev–Trinajstić information content (AvgIpc) is 2.06. The van der Waals surface area contributed by atoms with Crippen molar-refractivity contribution in [1.82, 2.24) is 0 Å². The van der Waals surface area contributed by atoms with Crippen LogP contribution in [0.2, 0.25) is 0 Å². The molecule has 0 aromatic rings. The van der Waals surface area contributed by atoms with Gasteiger partial charge in [-0.2, -0.15) is 0 Å². The molecular formula is C11H22O. The Hall–Kier alpha value is -0.0400. The van der Waals surface area contributed by atoms with Gasteiger partial charge in [-0.05, 0) is 26.2 Å². The Balaban J connectivity index is 2.11. The van der Waals surface area contributed by atoms with Gasteiger partial charge in [-0.1, -0.05) is 32.1 Å².